The molecule has 0 saturated carbocycles. The van der Waals surface area contributed by atoms with Gasteiger partial charge in [-0.25, -0.2) is 0 Å². The maximum Gasteiger partial charge on any atom is 0.0377 e. The van der Waals surface area contributed by atoms with Crippen molar-refractivity contribution in [2.45, 2.75) is 6.92 Å². The summed E-state index contributed by atoms with van der Waals surface area (Å²) >= 11 is 2.40. The molecule has 3 heteroatoms. The van der Waals surface area contributed by atoms with E-state index in [9.17, 15) is 0 Å². The van der Waals surface area contributed by atoms with Crippen LogP contribution in [0.5, 0.6) is 0 Å². The summed E-state index contributed by atoms with van der Waals surface area (Å²) in [6.07, 6.45) is 0. The van der Waals surface area contributed by atoms with Gasteiger partial charge in [0.2, 0.25) is 0 Å². The minimum absolute atomic E-state index is 1.10. The van der Waals surface area contributed by atoms with Crippen molar-refractivity contribution in [2.24, 2.45) is 0 Å². The Balaban J connectivity index is 2.18. The Hall–Kier alpha value is -0.290. The van der Waals surface area contributed by atoms with Crippen LogP contribution >= 0.6 is 22.6 Å². The molecular weight excluding hydrogens is 287 g/mol. The lowest BCUT2D eigenvalue weighted by molar-refractivity contribution is 0.589. The molecule has 2 rings (SSSR count). The predicted octanol–water partition coefficient (Wildman–Crippen LogP) is 2.01. The van der Waals surface area contributed by atoms with Crippen molar-refractivity contribution in [3.05, 3.63) is 27.3 Å². The molecule has 1 saturated heterocycles. The summed E-state index contributed by atoms with van der Waals surface area (Å²) in [7, 11) is 0. The number of nitrogens with one attached hydrogen (secondary N) is 1. The van der Waals surface area contributed by atoms with E-state index in [0.29, 0.717) is 0 Å². The lowest BCUT2D eigenvalue weighted by Gasteiger charge is -2.29. The summed E-state index contributed by atoms with van der Waals surface area (Å²) in [5, 5.41) is 3.37. The van der Waals surface area contributed by atoms with Gasteiger partial charge in [-0.3, -0.25) is 0 Å². The molecule has 0 radical (unpaired) electrons. The topological polar surface area (TPSA) is 15.3 Å². The van der Waals surface area contributed by atoms with Crippen molar-refractivity contribution >= 4 is 28.3 Å². The van der Waals surface area contributed by atoms with Crippen molar-refractivity contribution in [2.75, 3.05) is 31.1 Å². The van der Waals surface area contributed by atoms with Gasteiger partial charge in [-0.05, 0) is 47.2 Å². The number of halogens is 1. The van der Waals surface area contributed by atoms with Crippen molar-refractivity contribution in [1.29, 1.82) is 0 Å². The van der Waals surface area contributed by atoms with Gasteiger partial charge in [0.25, 0.3) is 0 Å². The third-order valence-electron chi connectivity index (χ3n) is 2.64. The summed E-state index contributed by atoms with van der Waals surface area (Å²) in [6.45, 7) is 6.61. The zero-order valence-corrected chi connectivity index (χ0v) is 10.5. The van der Waals surface area contributed by atoms with Gasteiger partial charge in [0.15, 0.2) is 0 Å². The Bertz CT molecular complexity index is 319. The molecule has 0 spiro atoms. The fourth-order valence-electron chi connectivity index (χ4n) is 1.70. The average molecular weight is 302 g/mol. The van der Waals surface area contributed by atoms with E-state index in [-0.39, 0.29) is 0 Å². The minimum atomic E-state index is 1.10. The molecule has 0 atom stereocenters. The standard InChI is InChI=1S/C11H15IN2/c1-9-2-3-10(8-11(9)12)14-6-4-13-5-7-14/h2-3,8,13H,4-7H2,1H3. The quantitative estimate of drug-likeness (QED) is 0.798. The Morgan fingerprint density at radius 1 is 1.29 bits per heavy atom. The first-order chi connectivity index (χ1) is 6.77. The number of hydrogen-bond acceptors (Lipinski definition) is 2. The van der Waals surface area contributed by atoms with E-state index in [2.05, 4.69) is 57.9 Å². The second-order valence-corrected chi connectivity index (χ2v) is 4.83. The first kappa shape index (κ1) is 10.2. The van der Waals surface area contributed by atoms with Crippen LogP contribution in [-0.4, -0.2) is 26.2 Å². The molecule has 1 heterocycles. The van der Waals surface area contributed by atoms with Crippen LogP contribution in [0.2, 0.25) is 0 Å². The second-order valence-electron chi connectivity index (χ2n) is 3.67. The molecule has 14 heavy (non-hydrogen) atoms. The lowest BCUT2D eigenvalue weighted by Crippen LogP contribution is -2.43. The average Bonchev–Trinajstić information content (AvgIpc) is 2.23. The SMILES string of the molecule is Cc1ccc(N2CCNCC2)cc1I. The molecule has 76 valence electrons. The van der Waals surface area contributed by atoms with Gasteiger partial charge < -0.3 is 10.2 Å². The van der Waals surface area contributed by atoms with Crippen LogP contribution in [-0.2, 0) is 0 Å². The highest BCUT2D eigenvalue weighted by Gasteiger charge is 2.10. The molecule has 1 aromatic rings. The lowest BCUT2D eigenvalue weighted by atomic mass is 10.2. The van der Waals surface area contributed by atoms with Crippen LogP contribution in [0.3, 0.4) is 0 Å². The molecule has 2 nitrogen and oxygen atoms in total. The second kappa shape index (κ2) is 4.49. The smallest absolute Gasteiger partial charge is 0.0377 e. The predicted molar refractivity (Wildman–Crippen MR) is 69.0 cm³/mol. The summed E-state index contributed by atoms with van der Waals surface area (Å²) in [6, 6.07) is 6.71. The first-order valence-corrected chi connectivity index (χ1v) is 6.07. The van der Waals surface area contributed by atoms with Crippen molar-refractivity contribution in [1.82, 2.24) is 5.32 Å². The largest absolute Gasteiger partial charge is 0.369 e. The zero-order valence-electron chi connectivity index (χ0n) is 8.39. The fraction of sp³-hybridized carbons (Fsp3) is 0.455. The third kappa shape index (κ3) is 2.20. The van der Waals surface area contributed by atoms with E-state index in [0.717, 1.165) is 26.2 Å². The number of anilines is 1. The normalized spacial score (nSPS) is 17.1. The van der Waals surface area contributed by atoms with Crippen LogP contribution in [0.25, 0.3) is 0 Å². The molecule has 1 aliphatic heterocycles. The van der Waals surface area contributed by atoms with Crippen molar-refractivity contribution < 1.29 is 0 Å². The molecule has 0 unspecified atom stereocenters. The van der Waals surface area contributed by atoms with Crippen molar-refractivity contribution in [3.8, 4) is 0 Å². The van der Waals surface area contributed by atoms with Crippen LogP contribution in [0.4, 0.5) is 5.69 Å². The Morgan fingerprint density at radius 2 is 2.00 bits per heavy atom. The Morgan fingerprint density at radius 3 is 2.64 bits per heavy atom. The number of rotatable bonds is 1. The Kier molecular flexibility index (Phi) is 3.28. The van der Waals surface area contributed by atoms with Gasteiger partial charge in [-0.2, -0.15) is 0 Å². The molecule has 1 fully saturated rings. The van der Waals surface area contributed by atoms with Gasteiger partial charge in [0, 0.05) is 35.4 Å². The van der Waals surface area contributed by atoms with Crippen molar-refractivity contribution in [3.63, 3.8) is 0 Å². The highest BCUT2D eigenvalue weighted by molar-refractivity contribution is 14.1. The molecule has 1 aliphatic rings. The van der Waals surface area contributed by atoms with Crippen LogP contribution in [0.15, 0.2) is 18.2 Å². The van der Waals surface area contributed by atoms with Gasteiger partial charge >= 0.3 is 0 Å². The number of aryl methyl sites for hydroxylation is 1. The van der Waals surface area contributed by atoms with E-state index < -0.39 is 0 Å². The molecule has 0 aromatic heterocycles. The number of nitrogens with zero attached hydrogens (tertiary/aromatic N) is 1. The van der Waals surface area contributed by atoms with E-state index in [1.165, 1.54) is 14.8 Å². The first-order valence-electron chi connectivity index (χ1n) is 4.99. The number of hydrogen-bond donors (Lipinski definition) is 1. The zero-order chi connectivity index (χ0) is 9.97. The fourth-order valence-corrected chi connectivity index (χ4v) is 2.20. The van der Waals surface area contributed by atoms with Gasteiger partial charge in [0.05, 0.1) is 0 Å². The molecule has 0 amide bonds. The van der Waals surface area contributed by atoms with Crippen LogP contribution < -0.4 is 10.2 Å². The Labute approximate surface area is 98.8 Å². The summed E-state index contributed by atoms with van der Waals surface area (Å²) < 4.78 is 1.36. The molecular formula is C11H15IN2. The van der Waals surface area contributed by atoms with Crippen LogP contribution in [0.1, 0.15) is 5.56 Å². The van der Waals surface area contributed by atoms with E-state index in [1.807, 2.05) is 0 Å². The maximum atomic E-state index is 3.37. The monoisotopic (exact) mass is 302 g/mol. The van der Waals surface area contributed by atoms with Gasteiger partial charge in [0.1, 0.15) is 0 Å². The maximum absolute atomic E-state index is 3.37. The van der Waals surface area contributed by atoms with Crippen LogP contribution in [0, 0.1) is 10.5 Å². The molecule has 1 N–H and O–H groups in total. The summed E-state index contributed by atoms with van der Waals surface area (Å²) in [4.78, 5) is 2.44. The van der Waals surface area contributed by atoms with E-state index in [4.69, 9.17) is 0 Å². The highest BCUT2D eigenvalue weighted by Crippen LogP contribution is 2.20. The van der Waals surface area contributed by atoms with Gasteiger partial charge in [-0.15, -0.1) is 0 Å². The van der Waals surface area contributed by atoms with E-state index in [1.54, 1.807) is 0 Å². The molecule has 1 aromatic carbocycles. The number of piperazine rings is 1. The number of benzene rings is 1. The highest BCUT2D eigenvalue weighted by atomic mass is 127. The van der Waals surface area contributed by atoms with Gasteiger partial charge in [-0.1, -0.05) is 6.07 Å². The summed E-state index contributed by atoms with van der Waals surface area (Å²) in [5.74, 6) is 0. The minimum Gasteiger partial charge on any atom is -0.369 e. The third-order valence-corrected chi connectivity index (χ3v) is 3.80. The molecule has 0 aliphatic carbocycles. The van der Waals surface area contributed by atoms with E-state index >= 15 is 0 Å². The summed E-state index contributed by atoms with van der Waals surface area (Å²) in [5.41, 5.74) is 2.73. The molecule has 0 bridgehead atoms.